The van der Waals surface area contributed by atoms with E-state index in [1.165, 1.54) is 12.8 Å². The molecule has 2 heterocycles. The molecule has 0 aliphatic carbocycles. The highest BCUT2D eigenvalue weighted by Gasteiger charge is 2.45. The largest absolute Gasteiger partial charge is 0.478 e. The van der Waals surface area contributed by atoms with E-state index < -0.39 is 5.97 Å². The summed E-state index contributed by atoms with van der Waals surface area (Å²) in [5.41, 5.74) is 0.984. The Morgan fingerprint density at radius 2 is 1.67 bits per heavy atom. The maximum Gasteiger partial charge on any atom is 0.335 e. The average molecular weight is 333 g/mol. The van der Waals surface area contributed by atoms with Crippen molar-refractivity contribution in [1.82, 2.24) is 4.90 Å². The van der Waals surface area contributed by atoms with Crippen molar-refractivity contribution in [2.45, 2.75) is 64.6 Å². The predicted molar refractivity (Wildman–Crippen MR) is 96.4 cm³/mol. The standard InChI is InChI=1S/C13H25NO.C7H6O2/c1-10-6-12(2,3)14(8-11-9-15-11)13(4,5)7-10;8-7(9)6-4-2-1-3-5-6/h10-11H,6-9H2,1-5H3;1-5H,(H,8,9). The number of carbonyl (C=O) groups is 1. The van der Waals surface area contributed by atoms with E-state index in [9.17, 15) is 4.79 Å². The number of ether oxygens (including phenoxy) is 1. The highest BCUT2D eigenvalue weighted by molar-refractivity contribution is 5.87. The predicted octanol–water partition coefficient (Wildman–Crippen LogP) is 4.06. The second kappa shape index (κ2) is 7.24. The average Bonchev–Trinajstić information content (AvgIpc) is 3.27. The monoisotopic (exact) mass is 333 g/mol. The molecule has 0 saturated carbocycles. The molecule has 1 aromatic carbocycles. The molecule has 0 radical (unpaired) electrons. The first-order valence-corrected chi connectivity index (χ1v) is 8.79. The smallest absolute Gasteiger partial charge is 0.335 e. The van der Waals surface area contributed by atoms with Crippen LogP contribution in [-0.4, -0.2) is 46.3 Å². The van der Waals surface area contributed by atoms with Crippen LogP contribution in [0.5, 0.6) is 0 Å². The van der Waals surface area contributed by atoms with Crippen LogP contribution >= 0.6 is 0 Å². The first-order valence-electron chi connectivity index (χ1n) is 8.79. The number of benzene rings is 1. The van der Waals surface area contributed by atoms with Crippen LogP contribution in [0.3, 0.4) is 0 Å². The summed E-state index contributed by atoms with van der Waals surface area (Å²) in [4.78, 5) is 12.9. The molecule has 3 rings (SSSR count). The molecule has 4 nitrogen and oxygen atoms in total. The van der Waals surface area contributed by atoms with Crippen molar-refractivity contribution >= 4 is 5.97 Å². The van der Waals surface area contributed by atoms with Gasteiger partial charge in [-0.3, -0.25) is 4.90 Å². The van der Waals surface area contributed by atoms with Gasteiger partial charge in [-0.2, -0.15) is 0 Å². The van der Waals surface area contributed by atoms with Crippen LogP contribution in [-0.2, 0) is 4.74 Å². The summed E-state index contributed by atoms with van der Waals surface area (Å²) < 4.78 is 5.38. The zero-order valence-electron chi connectivity index (χ0n) is 15.6. The maximum atomic E-state index is 10.2. The fourth-order valence-electron chi connectivity index (χ4n) is 4.27. The molecule has 0 aromatic heterocycles. The molecule has 2 fully saturated rings. The first-order chi connectivity index (χ1) is 11.1. The maximum absolute atomic E-state index is 10.2. The lowest BCUT2D eigenvalue weighted by atomic mass is 9.74. The molecule has 4 heteroatoms. The minimum atomic E-state index is -0.879. The molecule has 1 unspecified atom stereocenters. The van der Waals surface area contributed by atoms with E-state index in [4.69, 9.17) is 9.84 Å². The van der Waals surface area contributed by atoms with Crippen LogP contribution in [0.2, 0.25) is 0 Å². The fourth-order valence-corrected chi connectivity index (χ4v) is 4.27. The third-order valence-electron chi connectivity index (χ3n) is 4.97. The van der Waals surface area contributed by atoms with Gasteiger partial charge < -0.3 is 9.84 Å². The van der Waals surface area contributed by atoms with Gasteiger partial charge in [0, 0.05) is 17.6 Å². The Morgan fingerprint density at radius 3 is 2.04 bits per heavy atom. The fraction of sp³-hybridized carbons (Fsp3) is 0.650. The number of piperidine rings is 1. The van der Waals surface area contributed by atoms with Crippen molar-refractivity contribution < 1.29 is 14.6 Å². The minimum absolute atomic E-state index is 0.327. The molecule has 24 heavy (non-hydrogen) atoms. The van der Waals surface area contributed by atoms with E-state index >= 15 is 0 Å². The highest BCUT2D eigenvalue weighted by Crippen LogP contribution is 2.41. The summed E-state index contributed by atoms with van der Waals surface area (Å²) in [7, 11) is 0. The minimum Gasteiger partial charge on any atom is -0.478 e. The molecule has 2 aliphatic heterocycles. The van der Waals surface area contributed by atoms with Crippen molar-refractivity contribution in [3.05, 3.63) is 35.9 Å². The molecule has 1 aromatic rings. The summed E-state index contributed by atoms with van der Waals surface area (Å²) in [6.45, 7) is 14.0. The van der Waals surface area contributed by atoms with Crippen LogP contribution in [0.4, 0.5) is 0 Å². The Morgan fingerprint density at radius 1 is 1.17 bits per heavy atom. The highest BCUT2D eigenvalue weighted by atomic mass is 16.6. The Bertz CT molecular complexity index is 531. The third-order valence-corrected chi connectivity index (χ3v) is 4.97. The van der Waals surface area contributed by atoms with Gasteiger partial charge in [0.25, 0.3) is 0 Å². The van der Waals surface area contributed by atoms with Gasteiger partial charge in [-0.05, 0) is 58.6 Å². The summed E-state index contributed by atoms with van der Waals surface area (Å²) in [6, 6.07) is 8.30. The lowest BCUT2D eigenvalue weighted by molar-refractivity contribution is -0.0511. The lowest BCUT2D eigenvalue weighted by Gasteiger charge is -2.55. The van der Waals surface area contributed by atoms with E-state index in [1.54, 1.807) is 30.3 Å². The summed E-state index contributed by atoms with van der Waals surface area (Å²) >= 11 is 0. The Labute approximate surface area is 145 Å². The van der Waals surface area contributed by atoms with Crippen LogP contribution in [0.15, 0.2) is 30.3 Å². The summed E-state index contributed by atoms with van der Waals surface area (Å²) in [5, 5.41) is 8.38. The Balaban J connectivity index is 0.000000198. The van der Waals surface area contributed by atoms with Gasteiger partial charge in [-0.25, -0.2) is 4.79 Å². The van der Waals surface area contributed by atoms with E-state index in [2.05, 4.69) is 39.5 Å². The number of carboxylic acid groups (broad SMARTS) is 1. The zero-order chi connectivity index (χ0) is 18.0. The first kappa shape index (κ1) is 18.9. The van der Waals surface area contributed by atoms with Crippen molar-refractivity contribution in [2.24, 2.45) is 5.92 Å². The number of aromatic carboxylic acids is 1. The van der Waals surface area contributed by atoms with E-state index in [0.717, 1.165) is 19.1 Å². The van der Waals surface area contributed by atoms with Crippen molar-refractivity contribution in [3.63, 3.8) is 0 Å². The van der Waals surface area contributed by atoms with E-state index in [-0.39, 0.29) is 0 Å². The quantitative estimate of drug-likeness (QED) is 0.848. The second-order valence-electron chi connectivity index (χ2n) is 8.38. The van der Waals surface area contributed by atoms with Gasteiger partial charge in [0.15, 0.2) is 0 Å². The number of carboxylic acids is 1. The molecule has 0 spiro atoms. The molecule has 134 valence electrons. The summed E-state index contributed by atoms with van der Waals surface area (Å²) in [5.74, 6) is -0.0398. The zero-order valence-corrected chi connectivity index (χ0v) is 15.6. The van der Waals surface area contributed by atoms with Crippen molar-refractivity contribution in [2.75, 3.05) is 13.2 Å². The Hall–Kier alpha value is -1.39. The van der Waals surface area contributed by atoms with Gasteiger partial charge in [-0.15, -0.1) is 0 Å². The number of nitrogens with zero attached hydrogens (tertiary/aromatic N) is 1. The molecule has 2 aliphatic rings. The van der Waals surface area contributed by atoms with Crippen LogP contribution in [0, 0.1) is 5.92 Å². The number of rotatable bonds is 3. The molecule has 2 saturated heterocycles. The number of hydrogen-bond acceptors (Lipinski definition) is 3. The van der Waals surface area contributed by atoms with E-state index in [1.807, 2.05) is 0 Å². The van der Waals surface area contributed by atoms with Gasteiger partial charge in [0.1, 0.15) is 0 Å². The summed E-state index contributed by atoms with van der Waals surface area (Å²) in [6.07, 6.45) is 3.13. The number of hydrogen-bond donors (Lipinski definition) is 1. The SMILES string of the molecule is CC1CC(C)(C)N(CC2CO2)C(C)(C)C1.O=C(O)c1ccccc1. The topological polar surface area (TPSA) is 53.1 Å². The molecule has 1 N–H and O–H groups in total. The van der Waals surface area contributed by atoms with Gasteiger partial charge >= 0.3 is 5.97 Å². The lowest BCUT2D eigenvalue weighted by Crippen LogP contribution is -2.61. The second-order valence-corrected chi connectivity index (χ2v) is 8.38. The molecule has 0 amide bonds. The number of epoxide rings is 1. The van der Waals surface area contributed by atoms with Crippen molar-refractivity contribution in [3.8, 4) is 0 Å². The van der Waals surface area contributed by atoms with Crippen molar-refractivity contribution in [1.29, 1.82) is 0 Å². The Kier molecular flexibility index (Phi) is 5.71. The van der Waals surface area contributed by atoms with Gasteiger partial charge in [-0.1, -0.05) is 25.1 Å². The molecular formula is C20H31NO3. The molecular weight excluding hydrogens is 302 g/mol. The number of likely N-dealkylation sites (tertiary alicyclic amines) is 1. The normalized spacial score (nSPS) is 25.5. The molecule has 1 atom stereocenters. The van der Waals surface area contributed by atoms with E-state index in [0.29, 0.717) is 22.7 Å². The third kappa shape index (κ3) is 5.05. The van der Waals surface area contributed by atoms with Gasteiger partial charge in [0.2, 0.25) is 0 Å². The molecule has 0 bridgehead atoms. The van der Waals surface area contributed by atoms with Crippen LogP contribution in [0.25, 0.3) is 0 Å². The van der Waals surface area contributed by atoms with Crippen LogP contribution < -0.4 is 0 Å². The van der Waals surface area contributed by atoms with Gasteiger partial charge in [0.05, 0.1) is 18.3 Å². The van der Waals surface area contributed by atoms with Crippen LogP contribution in [0.1, 0.15) is 57.8 Å².